The van der Waals surface area contributed by atoms with Crippen LogP contribution in [0.1, 0.15) is 23.6 Å². The van der Waals surface area contributed by atoms with Crippen LogP contribution in [0.25, 0.3) is 0 Å². The SMILES string of the molecule is N#Cc1ccccc1NC(=O)COC(=O)C[C@H](NC(N)=O)c1ccccc1Cl. The molecule has 1 atom stereocenters. The van der Waals surface area contributed by atoms with E-state index in [9.17, 15) is 14.4 Å². The number of nitrogens with zero attached hydrogens (tertiary/aromatic N) is 1. The molecule has 0 aliphatic rings. The molecule has 0 radical (unpaired) electrons. The number of para-hydroxylation sites is 1. The van der Waals surface area contributed by atoms with Crippen LogP contribution >= 0.6 is 11.6 Å². The van der Waals surface area contributed by atoms with E-state index in [-0.39, 0.29) is 12.0 Å². The van der Waals surface area contributed by atoms with Gasteiger partial charge >= 0.3 is 12.0 Å². The van der Waals surface area contributed by atoms with Gasteiger partial charge in [-0.1, -0.05) is 41.9 Å². The number of nitriles is 1. The molecule has 0 heterocycles. The highest BCUT2D eigenvalue weighted by Crippen LogP contribution is 2.25. The maximum Gasteiger partial charge on any atom is 0.312 e. The number of benzene rings is 2. The molecule has 2 aromatic rings. The van der Waals surface area contributed by atoms with E-state index in [1.54, 1.807) is 48.5 Å². The van der Waals surface area contributed by atoms with Crippen molar-refractivity contribution in [2.45, 2.75) is 12.5 Å². The first-order valence-corrected chi connectivity index (χ1v) is 8.53. The number of primary amides is 1. The molecule has 0 fully saturated rings. The summed E-state index contributed by atoms with van der Waals surface area (Å²) in [6.07, 6.45) is -0.269. The summed E-state index contributed by atoms with van der Waals surface area (Å²) in [5, 5.41) is 14.3. The van der Waals surface area contributed by atoms with Gasteiger partial charge in [-0.05, 0) is 23.8 Å². The number of ether oxygens (including phenoxy) is 1. The van der Waals surface area contributed by atoms with Gasteiger partial charge in [-0.25, -0.2) is 4.79 Å². The fourth-order valence-corrected chi connectivity index (χ4v) is 2.68. The number of anilines is 1. The summed E-state index contributed by atoms with van der Waals surface area (Å²) in [5.74, 6) is -1.34. The minimum atomic E-state index is -0.830. The fourth-order valence-electron chi connectivity index (χ4n) is 2.42. The Morgan fingerprint density at radius 3 is 2.50 bits per heavy atom. The lowest BCUT2D eigenvalue weighted by Crippen LogP contribution is -2.35. The van der Waals surface area contributed by atoms with E-state index in [0.717, 1.165) is 0 Å². The lowest BCUT2D eigenvalue weighted by molar-refractivity contribution is -0.147. The molecular formula is C19H17ClN4O4. The number of urea groups is 1. The Balaban J connectivity index is 1.95. The van der Waals surface area contributed by atoms with E-state index in [0.29, 0.717) is 16.3 Å². The third kappa shape index (κ3) is 6.00. The number of hydrogen-bond donors (Lipinski definition) is 3. The average Bonchev–Trinajstić information content (AvgIpc) is 2.66. The van der Waals surface area contributed by atoms with Crippen molar-refractivity contribution >= 4 is 35.2 Å². The summed E-state index contributed by atoms with van der Waals surface area (Å²) in [6.45, 7) is -0.551. The Labute approximate surface area is 166 Å². The van der Waals surface area contributed by atoms with Gasteiger partial charge in [-0.2, -0.15) is 5.26 Å². The van der Waals surface area contributed by atoms with E-state index >= 15 is 0 Å². The van der Waals surface area contributed by atoms with E-state index in [4.69, 9.17) is 27.3 Å². The topological polar surface area (TPSA) is 134 Å². The second kappa shape index (κ2) is 9.94. The number of esters is 1. The Morgan fingerprint density at radius 2 is 1.82 bits per heavy atom. The van der Waals surface area contributed by atoms with Crippen LogP contribution in [-0.2, 0) is 14.3 Å². The van der Waals surface area contributed by atoms with Crippen molar-refractivity contribution in [2.75, 3.05) is 11.9 Å². The molecule has 8 nitrogen and oxygen atoms in total. The van der Waals surface area contributed by atoms with E-state index in [2.05, 4.69) is 10.6 Å². The standard InChI is InChI=1S/C19H17ClN4O4/c20-14-7-3-2-6-13(14)16(24-19(22)27)9-18(26)28-11-17(25)23-15-8-4-1-5-12(15)10-21/h1-8,16H,9,11H2,(H,23,25)(H3,22,24,27)/t16-/m0/s1. The first-order chi connectivity index (χ1) is 13.4. The van der Waals surface area contributed by atoms with Gasteiger partial charge in [0, 0.05) is 5.02 Å². The monoisotopic (exact) mass is 400 g/mol. The molecule has 0 aromatic heterocycles. The van der Waals surface area contributed by atoms with Gasteiger partial charge in [0.05, 0.1) is 23.7 Å². The highest BCUT2D eigenvalue weighted by molar-refractivity contribution is 6.31. The first kappa shape index (κ1) is 20.7. The Hall–Kier alpha value is -3.57. The van der Waals surface area contributed by atoms with Crippen molar-refractivity contribution in [3.05, 3.63) is 64.7 Å². The number of nitrogens with two attached hydrogens (primary N) is 1. The molecule has 0 spiro atoms. The molecule has 0 aliphatic heterocycles. The largest absolute Gasteiger partial charge is 0.455 e. The van der Waals surface area contributed by atoms with Crippen LogP contribution in [0.3, 0.4) is 0 Å². The predicted molar refractivity (Wildman–Crippen MR) is 102 cm³/mol. The normalized spacial score (nSPS) is 11.0. The number of amides is 3. The van der Waals surface area contributed by atoms with Gasteiger partial charge in [0.2, 0.25) is 0 Å². The van der Waals surface area contributed by atoms with Gasteiger partial charge in [0.15, 0.2) is 6.61 Å². The van der Waals surface area contributed by atoms with Crippen LogP contribution < -0.4 is 16.4 Å². The third-order valence-electron chi connectivity index (χ3n) is 3.65. The number of hydrogen-bond acceptors (Lipinski definition) is 5. The van der Waals surface area contributed by atoms with Crippen molar-refractivity contribution in [1.29, 1.82) is 5.26 Å². The van der Waals surface area contributed by atoms with E-state index in [1.165, 1.54) is 0 Å². The van der Waals surface area contributed by atoms with Crippen LogP contribution in [0.5, 0.6) is 0 Å². The first-order valence-electron chi connectivity index (χ1n) is 8.15. The van der Waals surface area contributed by atoms with E-state index < -0.39 is 30.6 Å². The van der Waals surface area contributed by atoms with Gasteiger partial charge in [0.1, 0.15) is 6.07 Å². The average molecular weight is 401 g/mol. The lowest BCUT2D eigenvalue weighted by atomic mass is 10.0. The predicted octanol–water partition coefficient (Wildman–Crippen LogP) is 2.49. The molecule has 4 N–H and O–H groups in total. The molecule has 0 saturated heterocycles. The Kier molecular flexibility index (Phi) is 7.37. The molecule has 2 rings (SSSR count). The smallest absolute Gasteiger partial charge is 0.312 e. The van der Waals surface area contributed by atoms with Crippen LogP contribution in [0.2, 0.25) is 5.02 Å². The molecule has 9 heteroatoms. The van der Waals surface area contributed by atoms with Crippen LogP contribution in [-0.4, -0.2) is 24.5 Å². The van der Waals surface area contributed by atoms with Crippen molar-refractivity contribution in [2.24, 2.45) is 5.73 Å². The van der Waals surface area contributed by atoms with Crippen LogP contribution in [0.4, 0.5) is 10.5 Å². The quantitative estimate of drug-likeness (QED) is 0.614. The zero-order valence-corrected chi connectivity index (χ0v) is 15.4. The van der Waals surface area contributed by atoms with Crippen molar-refractivity contribution in [1.82, 2.24) is 5.32 Å². The number of halogens is 1. The van der Waals surface area contributed by atoms with Crippen molar-refractivity contribution in [3.8, 4) is 6.07 Å². The fraction of sp³-hybridized carbons (Fsp3) is 0.158. The number of carbonyl (C=O) groups excluding carboxylic acids is 3. The second-order valence-electron chi connectivity index (χ2n) is 5.65. The highest BCUT2D eigenvalue weighted by atomic mass is 35.5. The molecule has 0 unspecified atom stereocenters. The minimum Gasteiger partial charge on any atom is -0.455 e. The van der Waals surface area contributed by atoms with Gasteiger partial charge in [0.25, 0.3) is 5.91 Å². The van der Waals surface area contributed by atoms with Crippen molar-refractivity contribution < 1.29 is 19.1 Å². The van der Waals surface area contributed by atoms with Crippen LogP contribution in [0, 0.1) is 11.3 Å². The highest BCUT2D eigenvalue weighted by Gasteiger charge is 2.21. The van der Waals surface area contributed by atoms with Gasteiger partial charge in [-0.15, -0.1) is 0 Å². The Morgan fingerprint density at radius 1 is 1.14 bits per heavy atom. The number of rotatable bonds is 7. The third-order valence-corrected chi connectivity index (χ3v) is 4.00. The Bertz CT molecular complexity index is 926. The molecule has 2 aromatic carbocycles. The van der Waals surface area contributed by atoms with Gasteiger partial charge < -0.3 is 21.1 Å². The summed E-state index contributed by atoms with van der Waals surface area (Å²) in [7, 11) is 0. The number of carbonyl (C=O) groups is 3. The van der Waals surface area contributed by atoms with Gasteiger partial charge in [-0.3, -0.25) is 9.59 Å². The zero-order valence-electron chi connectivity index (χ0n) is 14.6. The molecule has 3 amide bonds. The summed E-state index contributed by atoms with van der Waals surface area (Å²) < 4.78 is 4.95. The maximum absolute atomic E-state index is 12.1. The molecule has 0 aliphatic carbocycles. The number of nitrogens with one attached hydrogen (secondary N) is 2. The second-order valence-corrected chi connectivity index (χ2v) is 6.06. The molecular weight excluding hydrogens is 384 g/mol. The molecule has 0 saturated carbocycles. The zero-order chi connectivity index (χ0) is 20.5. The maximum atomic E-state index is 12.1. The summed E-state index contributed by atoms with van der Waals surface area (Å²) in [6, 6.07) is 13.4. The summed E-state index contributed by atoms with van der Waals surface area (Å²) >= 11 is 6.10. The summed E-state index contributed by atoms with van der Waals surface area (Å²) in [5.41, 5.74) is 6.25. The molecule has 144 valence electrons. The lowest BCUT2D eigenvalue weighted by Gasteiger charge is -2.18. The van der Waals surface area contributed by atoms with Crippen LogP contribution in [0.15, 0.2) is 48.5 Å². The van der Waals surface area contributed by atoms with E-state index in [1.807, 2.05) is 6.07 Å². The summed E-state index contributed by atoms with van der Waals surface area (Å²) in [4.78, 5) is 35.3. The molecule has 28 heavy (non-hydrogen) atoms. The molecule has 0 bridgehead atoms. The minimum absolute atomic E-state index is 0.269. The van der Waals surface area contributed by atoms with Crippen molar-refractivity contribution in [3.63, 3.8) is 0 Å².